The number of hydrogen-bond donors (Lipinski definition) is 0. The van der Waals surface area contributed by atoms with Crippen LogP contribution in [0, 0.1) is 20.8 Å². The first-order valence-corrected chi connectivity index (χ1v) is 11.6. The summed E-state index contributed by atoms with van der Waals surface area (Å²) in [6.45, 7) is 8.70. The van der Waals surface area contributed by atoms with Crippen molar-refractivity contribution in [2.24, 2.45) is 0 Å². The molecule has 0 aliphatic carbocycles. The first-order chi connectivity index (χ1) is 16.4. The molecule has 0 saturated carbocycles. The average Bonchev–Trinajstić information content (AvgIpc) is 3.10. The summed E-state index contributed by atoms with van der Waals surface area (Å²) >= 11 is 0. The Balaban J connectivity index is 1.52. The highest BCUT2D eigenvalue weighted by molar-refractivity contribution is 6.45. The highest BCUT2D eigenvalue weighted by atomic mass is 16.2. The third-order valence-electron chi connectivity index (χ3n) is 6.56. The molecule has 0 atom stereocenters. The highest BCUT2D eigenvalue weighted by Crippen LogP contribution is 2.36. The molecule has 0 bridgehead atoms. The van der Waals surface area contributed by atoms with Crippen molar-refractivity contribution in [1.82, 2.24) is 9.88 Å². The molecular formula is C28H28N4O2. The molecular weight excluding hydrogens is 424 g/mol. The van der Waals surface area contributed by atoms with Crippen molar-refractivity contribution >= 4 is 28.9 Å². The van der Waals surface area contributed by atoms with Crippen molar-refractivity contribution in [2.45, 2.75) is 20.8 Å². The molecule has 2 amide bonds. The van der Waals surface area contributed by atoms with Crippen LogP contribution in [0.3, 0.4) is 0 Å². The molecule has 0 spiro atoms. The van der Waals surface area contributed by atoms with Crippen LogP contribution in [-0.4, -0.2) is 47.9 Å². The largest absolute Gasteiger partial charge is 0.363 e. The molecule has 3 aromatic rings. The van der Waals surface area contributed by atoms with E-state index in [1.807, 2.05) is 81.4 Å². The molecule has 0 radical (unpaired) electrons. The lowest BCUT2D eigenvalue weighted by atomic mass is 10.0. The van der Waals surface area contributed by atoms with Crippen LogP contribution in [0.2, 0.25) is 0 Å². The summed E-state index contributed by atoms with van der Waals surface area (Å²) in [5.74, 6) is 0.419. The minimum atomic E-state index is -0.261. The van der Waals surface area contributed by atoms with Gasteiger partial charge in [0.1, 0.15) is 11.5 Å². The Morgan fingerprint density at radius 2 is 1.41 bits per heavy atom. The zero-order chi connectivity index (χ0) is 23.8. The minimum Gasteiger partial charge on any atom is -0.363 e. The number of anilines is 2. The number of amides is 2. The number of hydrogen-bond acceptors (Lipinski definition) is 5. The number of aryl methyl sites for hydroxylation is 3. The normalized spacial score (nSPS) is 16.6. The van der Waals surface area contributed by atoms with E-state index >= 15 is 0 Å². The van der Waals surface area contributed by atoms with Crippen LogP contribution in [0.5, 0.6) is 0 Å². The van der Waals surface area contributed by atoms with Crippen LogP contribution in [0.15, 0.2) is 72.6 Å². The van der Waals surface area contributed by atoms with Crippen LogP contribution >= 0.6 is 0 Å². The molecule has 34 heavy (non-hydrogen) atoms. The summed E-state index contributed by atoms with van der Waals surface area (Å²) in [6.07, 6.45) is 1.79. The summed E-state index contributed by atoms with van der Waals surface area (Å²) < 4.78 is 0. The second-order valence-corrected chi connectivity index (χ2v) is 8.99. The summed E-state index contributed by atoms with van der Waals surface area (Å²) in [6, 6.07) is 19.5. The molecule has 0 N–H and O–H groups in total. The molecule has 2 aromatic carbocycles. The standard InChI is InChI=1S/C28H28N4O2/c1-19-7-10-22(11-8-19)25-26(31-16-14-30(15-17-31)24-6-4-5-13-29-24)28(34)32(27(25)33)23-12-9-20(2)18-21(23)3/h4-13,18H,14-17H2,1-3H3. The first-order valence-electron chi connectivity index (χ1n) is 11.6. The number of benzene rings is 2. The maximum absolute atomic E-state index is 13.8. The SMILES string of the molecule is Cc1ccc(C2=C(N3CCN(c4ccccn4)CC3)C(=O)N(c3ccc(C)cc3C)C2=O)cc1. The van der Waals surface area contributed by atoms with Crippen LogP contribution in [0.4, 0.5) is 11.5 Å². The molecule has 0 unspecified atom stereocenters. The van der Waals surface area contributed by atoms with Crippen LogP contribution in [-0.2, 0) is 9.59 Å². The Morgan fingerprint density at radius 1 is 0.735 bits per heavy atom. The number of carbonyl (C=O) groups is 2. The Bertz CT molecular complexity index is 1270. The van der Waals surface area contributed by atoms with Crippen LogP contribution < -0.4 is 9.80 Å². The quantitative estimate of drug-likeness (QED) is 0.558. The third-order valence-corrected chi connectivity index (χ3v) is 6.56. The summed E-state index contributed by atoms with van der Waals surface area (Å²) in [7, 11) is 0. The second-order valence-electron chi connectivity index (χ2n) is 8.99. The van der Waals surface area contributed by atoms with Crippen molar-refractivity contribution in [3.05, 3.63) is 94.8 Å². The number of piperazine rings is 1. The number of rotatable bonds is 4. The van der Waals surface area contributed by atoms with E-state index < -0.39 is 0 Å². The molecule has 3 heterocycles. The van der Waals surface area contributed by atoms with Gasteiger partial charge in [-0.3, -0.25) is 9.59 Å². The summed E-state index contributed by atoms with van der Waals surface area (Å²) in [4.78, 5) is 37.7. The van der Waals surface area contributed by atoms with Gasteiger partial charge in [-0.15, -0.1) is 0 Å². The lowest BCUT2D eigenvalue weighted by Crippen LogP contribution is -2.48. The highest BCUT2D eigenvalue weighted by Gasteiger charge is 2.43. The lowest BCUT2D eigenvalue weighted by molar-refractivity contribution is -0.120. The van der Waals surface area contributed by atoms with Crippen LogP contribution in [0.25, 0.3) is 5.57 Å². The number of imide groups is 1. The fraction of sp³-hybridized carbons (Fsp3) is 0.250. The molecule has 6 nitrogen and oxygen atoms in total. The van der Waals surface area contributed by atoms with E-state index in [2.05, 4.69) is 14.8 Å². The van der Waals surface area contributed by atoms with Gasteiger partial charge in [0.2, 0.25) is 0 Å². The second kappa shape index (κ2) is 8.78. The monoisotopic (exact) mass is 452 g/mol. The number of carbonyl (C=O) groups excluding carboxylic acids is 2. The smallest absolute Gasteiger partial charge is 0.282 e. The molecule has 1 aromatic heterocycles. The first kappa shape index (κ1) is 21.9. The van der Waals surface area contributed by atoms with E-state index in [9.17, 15) is 9.59 Å². The van der Waals surface area contributed by atoms with Crippen molar-refractivity contribution in [2.75, 3.05) is 36.0 Å². The molecule has 6 heteroatoms. The molecule has 2 aliphatic rings. The van der Waals surface area contributed by atoms with Gasteiger partial charge < -0.3 is 9.80 Å². The van der Waals surface area contributed by atoms with Crippen molar-refractivity contribution in [1.29, 1.82) is 0 Å². The molecule has 1 saturated heterocycles. The maximum Gasteiger partial charge on any atom is 0.282 e. The number of aromatic nitrogens is 1. The fourth-order valence-electron chi connectivity index (χ4n) is 4.77. The van der Waals surface area contributed by atoms with Crippen molar-refractivity contribution in [3.63, 3.8) is 0 Å². The van der Waals surface area contributed by atoms with Gasteiger partial charge in [-0.25, -0.2) is 9.88 Å². The van der Waals surface area contributed by atoms with Gasteiger partial charge in [-0.05, 0) is 50.1 Å². The van der Waals surface area contributed by atoms with Gasteiger partial charge in [0.05, 0.1) is 11.3 Å². The Kier molecular flexibility index (Phi) is 5.65. The average molecular weight is 453 g/mol. The van der Waals surface area contributed by atoms with Gasteiger partial charge in [-0.2, -0.15) is 0 Å². The van der Waals surface area contributed by atoms with Gasteiger partial charge in [0.15, 0.2) is 0 Å². The Labute approximate surface area is 200 Å². The number of pyridine rings is 1. The number of nitrogens with zero attached hydrogens (tertiary/aromatic N) is 4. The third kappa shape index (κ3) is 3.85. The van der Waals surface area contributed by atoms with Gasteiger partial charge >= 0.3 is 0 Å². The minimum absolute atomic E-state index is 0.251. The Hall–Kier alpha value is -3.93. The zero-order valence-electron chi connectivity index (χ0n) is 19.8. The van der Waals surface area contributed by atoms with Crippen LogP contribution in [0.1, 0.15) is 22.3 Å². The van der Waals surface area contributed by atoms with E-state index in [-0.39, 0.29) is 11.8 Å². The van der Waals surface area contributed by atoms with Gasteiger partial charge in [0.25, 0.3) is 11.8 Å². The summed E-state index contributed by atoms with van der Waals surface area (Å²) in [5, 5.41) is 0. The van der Waals surface area contributed by atoms with E-state index in [1.54, 1.807) is 6.20 Å². The predicted octanol–water partition coefficient (Wildman–Crippen LogP) is 4.11. The van der Waals surface area contributed by atoms with Gasteiger partial charge in [0, 0.05) is 32.4 Å². The topological polar surface area (TPSA) is 56.8 Å². The zero-order valence-corrected chi connectivity index (χ0v) is 19.8. The lowest BCUT2D eigenvalue weighted by Gasteiger charge is -2.37. The molecule has 5 rings (SSSR count). The molecule has 1 fully saturated rings. The molecule has 172 valence electrons. The maximum atomic E-state index is 13.8. The van der Waals surface area contributed by atoms with E-state index in [0.717, 1.165) is 41.2 Å². The van der Waals surface area contributed by atoms with E-state index in [1.165, 1.54) is 4.90 Å². The van der Waals surface area contributed by atoms with Gasteiger partial charge in [-0.1, -0.05) is 53.6 Å². The van der Waals surface area contributed by atoms with Crippen molar-refractivity contribution < 1.29 is 9.59 Å². The predicted molar refractivity (Wildman–Crippen MR) is 135 cm³/mol. The Morgan fingerprint density at radius 3 is 2.06 bits per heavy atom. The fourth-order valence-corrected chi connectivity index (χ4v) is 4.77. The van der Waals surface area contributed by atoms with E-state index in [0.29, 0.717) is 30.0 Å². The molecule has 2 aliphatic heterocycles. The summed E-state index contributed by atoms with van der Waals surface area (Å²) in [5.41, 5.74) is 5.51. The van der Waals surface area contributed by atoms with Crippen molar-refractivity contribution in [3.8, 4) is 0 Å². The van der Waals surface area contributed by atoms with E-state index in [4.69, 9.17) is 0 Å².